The fourth-order valence-electron chi connectivity index (χ4n) is 2.11. The van der Waals surface area contributed by atoms with Gasteiger partial charge in [0.1, 0.15) is 0 Å². The zero-order valence-electron chi connectivity index (χ0n) is 12.4. The molecule has 0 saturated carbocycles. The van der Waals surface area contributed by atoms with Crippen LogP contribution in [0.5, 0.6) is 0 Å². The van der Waals surface area contributed by atoms with Crippen LogP contribution in [0.3, 0.4) is 0 Å². The van der Waals surface area contributed by atoms with Crippen molar-refractivity contribution >= 4 is 11.3 Å². The zero-order chi connectivity index (χ0) is 14.5. The monoisotopic (exact) mass is 290 g/mol. The minimum absolute atomic E-state index is 0.185. The number of hydrogen-bond donors (Lipinski definition) is 2. The summed E-state index contributed by atoms with van der Waals surface area (Å²) in [5.41, 5.74) is 4.93. The van der Waals surface area contributed by atoms with E-state index in [4.69, 9.17) is 10.1 Å². The van der Waals surface area contributed by atoms with E-state index in [1.165, 1.54) is 21.6 Å². The predicted molar refractivity (Wildman–Crippen MR) is 85.4 cm³/mol. The van der Waals surface area contributed by atoms with Gasteiger partial charge in [0.15, 0.2) is 0 Å². The molecule has 0 amide bonds. The van der Waals surface area contributed by atoms with Crippen molar-refractivity contribution in [1.82, 2.24) is 10.3 Å². The Hall–Kier alpha value is -1.23. The Kier molecular flexibility index (Phi) is 5.29. The number of aliphatic hydroxyl groups is 1. The van der Waals surface area contributed by atoms with Crippen LogP contribution in [0.2, 0.25) is 0 Å². The van der Waals surface area contributed by atoms with Crippen molar-refractivity contribution in [2.45, 2.75) is 27.2 Å². The van der Waals surface area contributed by atoms with Crippen molar-refractivity contribution < 1.29 is 5.11 Å². The summed E-state index contributed by atoms with van der Waals surface area (Å²) in [7, 11) is 0. The van der Waals surface area contributed by atoms with Crippen molar-refractivity contribution in [3.05, 3.63) is 39.2 Å². The van der Waals surface area contributed by atoms with Crippen LogP contribution < -0.4 is 5.32 Å². The highest BCUT2D eigenvalue weighted by Crippen LogP contribution is 2.28. The van der Waals surface area contributed by atoms with E-state index < -0.39 is 0 Å². The molecule has 0 saturated heterocycles. The highest BCUT2D eigenvalue weighted by atomic mass is 32.1. The minimum atomic E-state index is 0.185. The molecule has 108 valence electrons. The summed E-state index contributed by atoms with van der Waals surface area (Å²) in [5.74, 6) is 0. The lowest BCUT2D eigenvalue weighted by atomic mass is 10.0. The number of aliphatic hydroxyl groups excluding tert-OH is 1. The summed E-state index contributed by atoms with van der Waals surface area (Å²) in [5, 5.41) is 13.1. The fourth-order valence-corrected chi connectivity index (χ4v) is 3.07. The third-order valence-electron chi connectivity index (χ3n) is 3.43. The predicted octanol–water partition coefficient (Wildman–Crippen LogP) is 2.86. The first-order valence-electron chi connectivity index (χ1n) is 6.97. The lowest BCUT2D eigenvalue weighted by molar-refractivity contribution is 0.293. The highest BCUT2D eigenvalue weighted by Gasteiger charge is 2.10. The van der Waals surface area contributed by atoms with E-state index in [-0.39, 0.29) is 6.61 Å². The van der Waals surface area contributed by atoms with Gasteiger partial charge in [-0.25, -0.2) is 4.98 Å². The van der Waals surface area contributed by atoms with Crippen molar-refractivity contribution in [2.75, 3.05) is 19.7 Å². The molecule has 0 bridgehead atoms. The summed E-state index contributed by atoms with van der Waals surface area (Å²) in [6.45, 7) is 8.09. The summed E-state index contributed by atoms with van der Waals surface area (Å²) < 4.78 is 0. The van der Waals surface area contributed by atoms with E-state index >= 15 is 0 Å². The first-order valence-corrected chi connectivity index (χ1v) is 7.79. The van der Waals surface area contributed by atoms with Crippen LogP contribution in [0, 0.1) is 20.8 Å². The number of benzene rings is 1. The zero-order valence-corrected chi connectivity index (χ0v) is 13.2. The second-order valence-electron chi connectivity index (χ2n) is 5.04. The molecule has 1 aromatic carbocycles. The van der Waals surface area contributed by atoms with Crippen LogP contribution in [0.1, 0.15) is 21.0 Å². The van der Waals surface area contributed by atoms with Gasteiger partial charge in [-0.15, -0.1) is 11.3 Å². The molecule has 0 aliphatic carbocycles. The van der Waals surface area contributed by atoms with E-state index in [9.17, 15) is 0 Å². The number of nitrogens with zero attached hydrogens (tertiary/aromatic N) is 1. The summed E-state index contributed by atoms with van der Waals surface area (Å²) >= 11 is 1.76. The normalized spacial score (nSPS) is 11.0. The quantitative estimate of drug-likeness (QED) is 0.804. The molecule has 0 radical (unpaired) electrons. The molecule has 0 aliphatic heterocycles. The van der Waals surface area contributed by atoms with Crippen LogP contribution in [0.4, 0.5) is 0 Å². The van der Waals surface area contributed by atoms with E-state index in [0.717, 1.165) is 23.7 Å². The SMILES string of the molecule is Cc1ccc(-c2nc(CCNCCO)sc2C)cc1C. The second kappa shape index (κ2) is 6.97. The Bertz CT molecular complexity index is 578. The standard InChI is InChI=1S/C16H22N2OS/c1-11-4-5-14(10-12(11)2)16-13(3)20-15(18-16)6-7-17-8-9-19/h4-5,10,17,19H,6-9H2,1-3H3. The third kappa shape index (κ3) is 3.66. The van der Waals surface area contributed by atoms with Crippen LogP contribution in [-0.4, -0.2) is 29.8 Å². The highest BCUT2D eigenvalue weighted by molar-refractivity contribution is 7.12. The largest absolute Gasteiger partial charge is 0.395 e. The van der Waals surface area contributed by atoms with E-state index in [1.807, 2.05) is 0 Å². The molecule has 0 atom stereocenters. The fraction of sp³-hybridized carbons (Fsp3) is 0.438. The second-order valence-corrected chi connectivity index (χ2v) is 6.32. The number of aryl methyl sites for hydroxylation is 3. The average Bonchev–Trinajstić information content (AvgIpc) is 2.79. The topological polar surface area (TPSA) is 45.2 Å². The van der Waals surface area contributed by atoms with Gasteiger partial charge in [0, 0.05) is 30.0 Å². The van der Waals surface area contributed by atoms with Gasteiger partial charge in [-0.05, 0) is 38.0 Å². The number of aromatic nitrogens is 1. The molecule has 3 nitrogen and oxygen atoms in total. The first-order chi connectivity index (χ1) is 9.61. The molecule has 0 aliphatic rings. The van der Waals surface area contributed by atoms with Gasteiger partial charge >= 0.3 is 0 Å². The summed E-state index contributed by atoms with van der Waals surface area (Å²) in [6, 6.07) is 6.52. The Balaban J connectivity index is 2.12. The smallest absolute Gasteiger partial charge is 0.0948 e. The molecule has 1 heterocycles. The summed E-state index contributed by atoms with van der Waals surface area (Å²) in [6.07, 6.45) is 0.913. The first kappa shape index (κ1) is 15.2. The van der Waals surface area contributed by atoms with Crippen molar-refractivity contribution in [3.63, 3.8) is 0 Å². The summed E-state index contributed by atoms with van der Waals surface area (Å²) in [4.78, 5) is 6.03. The van der Waals surface area contributed by atoms with Gasteiger partial charge in [0.05, 0.1) is 17.3 Å². The van der Waals surface area contributed by atoms with Crippen molar-refractivity contribution in [3.8, 4) is 11.3 Å². The number of rotatable bonds is 6. The van der Waals surface area contributed by atoms with Crippen LogP contribution in [0.15, 0.2) is 18.2 Å². The molecule has 1 aromatic heterocycles. The van der Waals surface area contributed by atoms with Gasteiger partial charge in [0.25, 0.3) is 0 Å². The Morgan fingerprint density at radius 3 is 2.65 bits per heavy atom. The number of nitrogens with one attached hydrogen (secondary N) is 1. The van der Waals surface area contributed by atoms with Gasteiger partial charge in [-0.3, -0.25) is 0 Å². The molecule has 2 rings (SSSR count). The van der Waals surface area contributed by atoms with Crippen molar-refractivity contribution in [2.24, 2.45) is 0 Å². The molecule has 4 heteroatoms. The molecular weight excluding hydrogens is 268 g/mol. The average molecular weight is 290 g/mol. The van der Waals surface area contributed by atoms with Crippen molar-refractivity contribution in [1.29, 1.82) is 0 Å². The molecule has 2 aromatic rings. The molecular formula is C16H22N2OS. The maximum absolute atomic E-state index is 8.73. The van der Waals surface area contributed by atoms with Gasteiger partial charge in [-0.2, -0.15) is 0 Å². The number of thiazole rings is 1. The Labute approximate surface area is 124 Å². The van der Waals surface area contributed by atoms with Crippen LogP contribution >= 0.6 is 11.3 Å². The molecule has 20 heavy (non-hydrogen) atoms. The minimum Gasteiger partial charge on any atom is -0.395 e. The maximum Gasteiger partial charge on any atom is 0.0948 e. The van der Waals surface area contributed by atoms with Gasteiger partial charge < -0.3 is 10.4 Å². The molecule has 0 fully saturated rings. The number of hydrogen-bond acceptors (Lipinski definition) is 4. The molecule has 0 spiro atoms. The third-order valence-corrected chi connectivity index (χ3v) is 4.46. The molecule has 0 unspecified atom stereocenters. The van der Waals surface area contributed by atoms with E-state index in [2.05, 4.69) is 44.3 Å². The molecule has 2 N–H and O–H groups in total. The maximum atomic E-state index is 8.73. The van der Waals surface area contributed by atoms with E-state index in [1.54, 1.807) is 11.3 Å². The lowest BCUT2D eigenvalue weighted by Crippen LogP contribution is -2.20. The van der Waals surface area contributed by atoms with E-state index in [0.29, 0.717) is 6.54 Å². The van der Waals surface area contributed by atoms with Gasteiger partial charge in [-0.1, -0.05) is 12.1 Å². The van der Waals surface area contributed by atoms with Crippen LogP contribution in [-0.2, 0) is 6.42 Å². The Morgan fingerprint density at radius 1 is 1.15 bits per heavy atom. The van der Waals surface area contributed by atoms with Crippen LogP contribution in [0.25, 0.3) is 11.3 Å². The van der Waals surface area contributed by atoms with Gasteiger partial charge in [0.2, 0.25) is 0 Å². The Morgan fingerprint density at radius 2 is 1.95 bits per heavy atom. The lowest BCUT2D eigenvalue weighted by Gasteiger charge is -2.03.